The summed E-state index contributed by atoms with van der Waals surface area (Å²) in [5, 5.41) is 108. The largest absolute Gasteiger partial charge is 0.394 e. The third-order valence-corrected chi connectivity index (χ3v) is 6.05. The van der Waals surface area contributed by atoms with E-state index in [0.29, 0.717) is 0 Å². The first kappa shape index (κ1) is 27.9. The molecule has 3 aliphatic rings. The van der Waals surface area contributed by atoms with E-state index in [0.717, 1.165) is 0 Å². The zero-order chi connectivity index (χ0) is 25.3. The Bertz CT molecular complexity index is 639. The topological polar surface area (TPSA) is 269 Å². The van der Waals surface area contributed by atoms with Gasteiger partial charge in [-0.15, -0.1) is 0 Å². The van der Waals surface area contributed by atoms with E-state index in [1.807, 2.05) is 0 Å². The first-order valence-corrected chi connectivity index (χ1v) is 10.6. The predicted octanol–water partition coefficient (Wildman–Crippen LogP) is -7.57. The van der Waals surface area contributed by atoms with E-state index in [9.17, 15) is 56.2 Å². The molecule has 0 saturated carbocycles. The van der Waals surface area contributed by atoms with Crippen LogP contribution in [-0.4, -0.2) is 168 Å². The quantitative estimate of drug-likeness (QED) is 0.154. The second-order valence-electron chi connectivity index (χ2n) is 8.42. The molecule has 3 aliphatic heterocycles. The molecular weight excluding hydrogens is 472 g/mol. The van der Waals surface area contributed by atoms with Gasteiger partial charge in [0.15, 0.2) is 18.9 Å². The number of aliphatic hydroxyl groups excluding tert-OH is 11. The van der Waals surface area contributed by atoms with Crippen molar-refractivity contribution in [3.8, 4) is 0 Å². The normalized spacial score (nSPS) is 52.5. The predicted molar refractivity (Wildman–Crippen MR) is 101 cm³/mol. The lowest BCUT2D eigenvalue weighted by atomic mass is 9.98. The molecule has 1 unspecified atom stereocenters. The maximum atomic E-state index is 10.2. The molecule has 0 amide bonds. The van der Waals surface area contributed by atoms with Crippen molar-refractivity contribution in [3.63, 3.8) is 0 Å². The van der Waals surface area contributed by atoms with Crippen LogP contribution in [0.25, 0.3) is 0 Å². The third-order valence-electron chi connectivity index (χ3n) is 6.05. The van der Waals surface area contributed by atoms with Gasteiger partial charge in [0.1, 0.15) is 73.2 Å². The van der Waals surface area contributed by atoms with Crippen LogP contribution in [0.5, 0.6) is 0 Å². The summed E-state index contributed by atoms with van der Waals surface area (Å²) in [7, 11) is 0. The molecule has 0 aromatic heterocycles. The first-order valence-electron chi connectivity index (χ1n) is 10.6. The highest BCUT2D eigenvalue weighted by Gasteiger charge is 2.48. The van der Waals surface area contributed by atoms with Gasteiger partial charge in [0.25, 0.3) is 0 Å². The lowest BCUT2D eigenvalue weighted by Crippen LogP contribution is -2.62. The van der Waals surface area contributed by atoms with Crippen LogP contribution < -0.4 is 0 Å². The van der Waals surface area contributed by atoms with Gasteiger partial charge >= 0.3 is 0 Å². The summed E-state index contributed by atoms with van der Waals surface area (Å²) in [4.78, 5) is 0. The average Bonchev–Trinajstić information content (AvgIpc) is 2.82. The van der Waals surface area contributed by atoms with Crippen molar-refractivity contribution in [2.24, 2.45) is 0 Å². The van der Waals surface area contributed by atoms with E-state index in [1.54, 1.807) is 0 Å². The standard InChI is InChI=1S/C18H32O16/c19-1-4-7(20)11(24)14(27)17(33-4)31-3-6-9(22)12(25)15(28)18(34-6)30-2-5-8(21)10(23)13(26)16(29)32-5/h4-29H,1-3H2/t4-,5-,6-,7-,8-,9-,10+,11+,12+,13-,14-,15-,16?,17-,18+/m1/s1. The van der Waals surface area contributed by atoms with Gasteiger partial charge in [0.2, 0.25) is 0 Å². The van der Waals surface area contributed by atoms with E-state index in [2.05, 4.69) is 0 Å². The van der Waals surface area contributed by atoms with Crippen molar-refractivity contribution in [1.82, 2.24) is 0 Å². The Morgan fingerprint density at radius 1 is 0.441 bits per heavy atom. The Kier molecular flexibility index (Phi) is 9.54. The highest BCUT2D eigenvalue weighted by Crippen LogP contribution is 2.27. The van der Waals surface area contributed by atoms with Crippen LogP contribution in [0.15, 0.2) is 0 Å². The van der Waals surface area contributed by atoms with Crippen molar-refractivity contribution < 1.29 is 79.9 Å². The van der Waals surface area contributed by atoms with Crippen molar-refractivity contribution in [3.05, 3.63) is 0 Å². The lowest BCUT2D eigenvalue weighted by molar-refractivity contribution is -0.340. The summed E-state index contributed by atoms with van der Waals surface area (Å²) in [6.07, 6.45) is -24.4. The minimum Gasteiger partial charge on any atom is -0.394 e. The molecule has 0 aromatic rings. The Morgan fingerprint density at radius 3 is 1.29 bits per heavy atom. The molecule has 15 atom stereocenters. The Hall–Kier alpha value is -0.640. The van der Waals surface area contributed by atoms with Gasteiger partial charge in [-0.2, -0.15) is 0 Å². The van der Waals surface area contributed by atoms with Crippen LogP contribution in [-0.2, 0) is 23.7 Å². The fourth-order valence-electron chi connectivity index (χ4n) is 3.84. The van der Waals surface area contributed by atoms with Gasteiger partial charge in [-0.05, 0) is 0 Å². The fourth-order valence-corrected chi connectivity index (χ4v) is 3.84. The van der Waals surface area contributed by atoms with Crippen LogP contribution in [0.3, 0.4) is 0 Å². The van der Waals surface area contributed by atoms with Gasteiger partial charge in [0, 0.05) is 0 Å². The number of hydrogen-bond donors (Lipinski definition) is 11. The Labute approximate surface area is 192 Å². The molecule has 200 valence electrons. The molecule has 0 bridgehead atoms. The Balaban J connectivity index is 1.58. The van der Waals surface area contributed by atoms with E-state index >= 15 is 0 Å². The summed E-state index contributed by atoms with van der Waals surface area (Å²) in [5.41, 5.74) is 0. The summed E-state index contributed by atoms with van der Waals surface area (Å²) < 4.78 is 26.1. The molecule has 3 heterocycles. The zero-order valence-electron chi connectivity index (χ0n) is 17.7. The van der Waals surface area contributed by atoms with E-state index < -0.39 is 112 Å². The monoisotopic (exact) mass is 504 g/mol. The number of hydrogen-bond acceptors (Lipinski definition) is 16. The van der Waals surface area contributed by atoms with Gasteiger partial charge in [-0.25, -0.2) is 0 Å². The van der Waals surface area contributed by atoms with Crippen molar-refractivity contribution in [2.45, 2.75) is 92.1 Å². The van der Waals surface area contributed by atoms with Gasteiger partial charge in [-0.3, -0.25) is 0 Å². The molecule has 0 radical (unpaired) electrons. The van der Waals surface area contributed by atoms with Crippen molar-refractivity contribution in [2.75, 3.05) is 19.8 Å². The maximum Gasteiger partial charge on any atom is 0.186 e. The van der Waals surface area contributed by atoms with E-state index in [1.165, 1.54) is 0 Å². The van der Waals surface area contributed by atoms with Gasteiger partial charge in [0.05, 0.1) is 19.8 Å². The van der Waals surface area contributed by atoms with Crippen LogP contribution >= 0.6 is 0 Å². The van der Waals surface area contributed by atoms with Crippen molar-refractivity contribution in [1.29, 1.82) is 0 Å². The van der Waals surface area contributed by atoms with Crippen LogP contribution in [0.1, 0.15) is 0 Å². The van der Waals surface area contributed by atoms with Crippen LogP contribution in [0.2, 0.25) is 0 Å². The van der Waals surface area contributed by atoms with Crippen LogP contribution in [0, 0.1) is 0 Å². The molecule has 0 spiro atoms. The number of aliphatic hydroxyl groups is 11. The van der Waals surface area contributed by atoms with Gasteiger partial charge < -0.3 is 79.9 Å². The summed E-state index contributed by atoms with van der Waals surface area (Å²) in [5.74, 6) is 0. The van der Waals surface area contributed by atoms with E-state index in [-0.39, 0.29) is 0 Å². The zero-order valence-corrected chi connectivity index (χ0v) is 17.7. The molecular formula is C18H32O16. The smallest absolute Gasteiger partial charge is 0.186 e. The SMILES string of the molecule is OC[C@H]1O[C@@H](OC[C@H]2O[C@H](OC[C@H]3OC(O)[C@H](O)[C@@H](O)[C@@H]3O)[C@H](O)[C@@H](O)[C@@H]2O)[C@H](O)[C@@H](O)[C@@H]1O. The molecule has 3 rings (SSSR count). The first-order chi connectivity index (χ1) is 16.0. The maximum absolute atomic E-state index is 10.2. The summed E-state index contributed by atoms with van der Waals surface area (Å²) >= 11 is 0. The summed E-state index contributed by atoms with van der Waals surface area (Å²) in [6.45, 7) is -1.84. The Morgan fingerprint density at radius 2 is 0.824 bits per heavy atom. The molecule has 0 aromatic carbocycles. The third kappa shape index (κ3) is 5.68. The van der Waals surface area contributed by atoms with Crippen molar-refractivity contribution >= 4 is 0 Å². The molecule has 0 aliphatic carbocycles. The van der Waals surface area contributed by atoms with Crippen LogP contribution in [0.4, 0.5) is 0 Å². The van der Waals surface area contributed by atoms with Gasteiger partial charge in [-0.1, -0.05) is 0 Å². The highest BCUT2D eigenvalue weighted by molar-refractivity contribution is 4.92. The number of ether oxygens (including phenoxy) is 5. The summed E-state index contributed by atoms with van der Waals surface area (Å²) in [6, 6.07) is 0. The fraction of sp³-hybridized carbons (Fsp3) is 1.00. The molecule has 11 N–H and O–H groups in total. The minimum absolute atomic E-state index is 0.570. The highest BCUT2D eigenvalue weighted by atomic mass is 16.7. The molecule has 34 heavy (non-hydrogen) atoms. The molecule has 3 saturated heterocycles. The minimum atomic E-state index is -1.82. The van der Waals surface area contributed by atoms with E-state index in [4.69, 9.17) is 23.7 Å². The second-order valence-corrected chi connectivity index (χ2v) is 8.42. The molecule has 16 nitrogen and oxygen atoms in total. The number of rotatable bonds is 7. The average molecular weight is 504 g/mol. The lowest BCUT2D eigenvalue weighted by Gasteiger charge is -2.43. The molecule has 16 heteroatoms. The molecule has 3 fully saturated rings. The second kappa shape index (κ2) is 11.6.